The maximum atomic E-state index is 12.6. The average Bonchev–Trinajstić information content (AvgIpc) is 2.37. The van der Waals surface area contributed by atoms with E-state index in [0.29, 0.717) is 5.69 Å². The first-order chi connectivity index (χ1) is 8.97. The van der Waals surface area contributed by atoms with Crippen LogP contribution in [-0.4, -0.2) is 0 Å². The number of halogens is 4. The maximum absolute atomic E-state index is 12.6. The van der Waals surface area contributed by atoms with Crippen LogP contribution in [0.1, 0.15) is 5.56 Å². The molecule has 2 nitrogen and oxygen atoms in total. The number of hydrogen-bond donors (Lipinski definition) is 1. The van der Waals surface area contributed by atoms with E-state index in [2.05, 4.69) is 5.48 Å². The average molecular weight is 288 g/mol. The second-order valence-electron chi connectivity index (χ2n) is 3.71. The summed E-state index contributed by atoms with van der Waals surface area (Å²) >= 11 is 5.50. The van der Waals surface area contributed by atoms with Gasteiger partial charge in [0.25, 0.3) is 0 Å². The van der Waals surface area contributed by atoms with Gasteiger partial charge in [-0.15, -0.1) is 0 Å². The Kier molecular flexibility index (Phi) is 3.85. The lowest BCUT2D eigenvalue weighted by atomic mass is 10.2. The molecule has 0 heterocycles. The fraction of sp³-hybridized carbons (Fsp3) is 0.0769. The van der Waals surface area contributed by atoms with E-state index >= 15 is 0 Å². The van der Waals surface area contributed by atoms with E-state index in [-0.39, 0.29) is 10.8 Å². The predicted molar refractivity (Wildman–Crippen MR) is 67.1 cm³/mol. The van der Waals surface area contributed by atoms with Crippen molar-refractivity contribution < 1.29 is 18.0 Å². The molecule has 2 aromatic carbocycles. The molecule has 1 N–H and O–H groups in total. The van der Waals surface area contributed by atoms with Gasteiger partial charge in [-0.2, -0.15) is 13.2 Å². The third kappa shape index (κ3) is 3.54. The number of nitrogens with one attached hydrogen (secondary N) is 1. The third-order valence-electron chi connectivity index (χ3n) is 2.30. The van der Waals surface area contributed by atoms with Crippen LogP contribution in [0.2, 0.25) is 5.02 Å². The summed E-state index contributed by atoms with van der Waals surface area (Å²) in [5, 5.41) is -0.362. The Hall–Kier alpha value is -1.88. The van der Waals surface area contributed by atoms with Gasteiger partial charge in [-0.05, 0) is 30.3 Å². The van der Waals surface area contributed by atoms with E-state index in [1.54, 1.807) is 24.3 Å². The minimum atomic E-state index is -4.51. The molecule has 6 heteroatoms. The molecule has 0 bridgehead atoms. The van der Waals surface area contributed by atoms with Crippen molar-refractivity contribution in [2.75, 3.05) is 5.48 Å². The summed E-state index contributed by atoms with van der Waals surface area (Å²) in [5.41, 5.74) is 2.25. The van der Waals surface area contributed by atoms with Crippen LogP contribution in [0.4, 0.5) is 18.9 Å². The molecule has 0 aromatic heterocycles. The van der Waals surface area contributed by atoms with Crippen molar-refractivity contribution >= 4 is 17.3 Å². The Bertz CT molecular complexity index is 558. The van der Waals surface area contributed by atoms with Gasteiger partial charge in [-0.25, -0.2) is 5.48 Å². The minimum Gasteiger partial charge on any atom is -0.382 e. The van der Waals surface area contributed by atoms with E-state index in [9.17, 15) is 13.2 Å². The number of para-hydroxylation sites is 1. The molecule has 0 amide bonds. The molecule has 0 aliphatic heterocycles. The molecule has 0 saturated carbocycles. The molecule has 0 radical (unpaired) electrons. The largest absolute Gasteiger partial charge is 0.417 e. The lowest BCUT2D eigenvalue weighted by Crippen LogP contribution is -2.08. The van der Waals surface area contributed by atoms with Crippen LogP contribution in [0.25, 0.3) is 0 Å². The van der Waals surface area contributed by atoms with Gasteiger partial charge in [-0.1, -0.05) is 29.8 Å². The van der Waals surface area contributed by atoms with E-state index in [0.717, 1.165) is 12.1 Å². The molecule has 0 atom stereocenters. The van der Waals surface area contributed by atoms with E-state index < -0.39 is 11.7 Å². The standard InChI is InChI=1S/C13H9ClF3NO/c14-12-7-6-10(8-11(12)13(15,16)17)19-18-9-4-2-1-3-5-9/h1-8,18H. The monoisotopic (exact) mass is 287 g/mol. The highest BCUT2D eigenvalue weighted by Crippen LogP contribution is 2.36. The molecule has 2 aromatic rings. The summed E-state index contributed by atoms with van der Waals surface area (Å²) < 4.78 is 37.9. The predicted octanol–water partition coefficient (Wildman–Crippen LogP) is 4.76. The highest BCUT2D eigenvalue weighted by Gasteiger charge is 2.33. The second-order valence-corrected chi connectivity index (χ2v) is 4.12. The van der Waals surface area contributed by atoms with Gasteiger partial charge in [0.15, 0.2) is 5.75 Å². The Balaban J connectivity index is 2.14. The van der Waals surface area contributed by atoms with Gasteiger partial charge < -0.3 is 4.84 Å². The number of rotatable bonds is 3. The highest BCUT2D eigenvalue weighted by molar-refractivity contribution is 6.31. The van der Waals surface area contributed by atoms with Crippen LogP contribution in [-0.2, 0) is 6.18 Å². The first-order valence-corrected chi connectivity index (χ1v) is 5.69. The normalized spacial score (nSPS) is 11.2. The second kappa shape index (κ2) is 5.40. The number of alkyl halides is 3. The van der Waals surface area contributed by atoms with E-state index in [1.165, 1.54) is 6.07 Å². The van der Waals surface area contributed by atoms with Crippen molar-refractivity contribution in [3.8, 4) is 5.75 Å². The summed E-state index contributed by atoms with van der Waals surface area (Å²) in [5.74, 6) is 0.0283. The van der Waals surface area contributed by atoms with Crippen LogP contribution in [0, 0.1) is 0 Å². The van der Waals surface area contributed by atoms with Crippen LogP contribution in [0.15, 0.2) is 48.5 Å². The summed E-state index contributed by atoms with van der Waals surface area (Å²) in [4.78, 5) is 5.07. The van der Waals surface area contributed by atoms with Crippen molar-refractivity contribution in [3.63, 3.8) is 0 Å². The smallest absolute Gasteiger partial charge is 0.382 e. The molecular weight excluding hydrogens is 279 g/mol. The molecule has 0 aliphatic rings. The summed E-state index contributed by atoms with van der Waals surface area (Å²) in [6.07, 6.45) is -4.51. The fourth-order valence-corrected chi connectivity index (χ4v) is 1.63. The summed E-state index contributed by atoms with van der Waals surface area (Å²) in [6, 6.07) is 12.2. The molecule has 0 saturated heterocycles. The van der Waals surface area contributed by atoms with Gasteiger partial charge in [0.2, 0.25) is 0 Å². The zero-order chi connectivity index (χ0) is 13.9. The Morgan fingerprint density at radius 2 is 1.68 bits per heavy atom. The van der Waals surface area contributed by atoms with Crippen molar-refractivity contribution in [1.82, 2.24) is 0 Å². The molecule has 0 fully saturated rings. The molecular formula is C13H9ClF3NO. The lowest BCUT2D eigenvalue weighted by molar-refractivity contribution is -0.137. The zero-order valence-electron chi connectivity index (χ0n) is 9.54. The van der Waals surface area contributed by atoms with Crippen molar-refractivity contribution in [3.05, 3.63) is 59.1 Å². The molecule has 0 aliphatic carbocycles. The van der Waals surface area contributed by atoms with Gasteiger partial charge in [0.05, 0.1) is 16.3 Å². The quantitative estimate of drug-likeness (QED) is 0.822. The van der Waals surface area contributed by atoms with Crippen molar-refractivity contribution in [2.24, 2.45) is 0 Å². The van der Waals surface area contributed by atoms with Crippen molar-refractivity contribution in [1.29, 1.82) is 0 Å². The van der Waals surface area contributed by atoms with Gasteiger partial charge >= 0.3 is 6.18 Å². The van der Waals surface area contributed by atoms with Crippen LogP contribution in [0.5, 0.6) is 5.75 Å². The molecule has 100 valence electrons. The Morgan fingerprint density at radius 3 is 2.32 bits per heavy atom. The molecule has 2 rings (SSSR count). The van der Waals surface area contributed by atoms with Crippen LogP contribution >= 0.6 is 11.6 Å². The number of hydrogen-bond acceptors (Lipinski definition) is 2. The van der Waals surface area contributed by atoms with Gasteiger partial charge in [0.1, 0.15) is 0 Å². The zero-order valence-corrected chi connectivity index (χ0v) is 10.3. The SMILES string of the molecule is FC(F)(F)c1cc(ONc2ccccc2)ccc1Cl. The molecule has 0 unspecified atom stereocenters. The fourth-order valence-electron chi connectivity index (χ4n) is 1.41. The van der Waals surface area contributed by atoms with Gasteiger partial charge in [0, 0.05) is 0 Å². The Labute approximate surface area is 112 Å². The summed E-state index contributed by atoms with van der Waals surface area (Å²) in [6.45, 7) is 0. The van der Waals surface area contributed by atoms with Crippen LogP contribution < -0.4 is 10.3 Å². The third-order valence-corrected chi connectivity index (χ3v) is 2.63. The Morgan fingerprint density at radius 1 is 1.00 bits per heavy atom. The lowest BCUT2D eigenvalue weighted by Gasteiger charge is -2.12. The topological polar surface area (TPSA) is 21.3 Å². The van der Waals surface area contributed by atoms with Gasteiger partial charge in [-0.3, -0.25) is 0 Å². The van der Waals surface area contributed by atoms with Crippen molar-refractivity contribution in [2.45, 2.75) is 6.18 Å². The minimum absolute atomic E-state index is 0.0283. The number of anilines is 1. The summed E-state index contributed by atoms with van der Waals surface area (Å²) in [7, 11) is 0. The number of benzene rings is 2. The van der Waals surface area contributed by atoms with E-state index in [4.69, 9.17) is 16.4 Å². The molecule has 0 spiro atoms. The van der Waals surface area contributed by atoms with E-state index in [1.807, 2.05) is 6.07 Å². The van der Waals surface area contributed by atoms with Crippen LogP contribution in [0.3, 0.4) is 0 Å². The highest BCUT2D eigenvalue weighted by atomic mass is 35.5. The molecule has 19 heavy (non-hydrogen) atoms. The maximum Gasteiger partial charge on any atom is 0.417 e. The first-order valence-electron chi connectivity index (χ1n) is 5.31. The first kappa shape index (κ1) is 13.5.